The minimum absolute atomic E-state index is 0.539. The summed E-state index contributed by atoms with van der Waals surface area (Å²) in [5, 5.41) is 0. The topological polar surface area (TPSA) is 17.1 Å². The molecule has 0 fully saturated rings. The Hall–Kier alpha value is -0.850. The molecule has 0 heterocycles. The van der Waals surface area contributed by atoms with Crippen molar-refractivity contribution in [2.75, 3.05) is 0 Å². The van der Waals surface area contributed by atoms with Crippen LogP contribution < -0.4 is 0 Å². The molecule has 0 atom stereocenters. The van der Waals surface area contributed by atoms with Gasteiger partial charge in [-0.1, -0.05) is 24.3 Å². The number of aldehydes is 1. The maximum atomic E-state index is 9.77. The third kappa shape index (κ3) is 7.15. The van der Waals surface area contributed by atoms with Gasteiger partial charge in [-0.2, -0.15) is 0 Å². The number of carbonyl (C=O) groups is 1. The summed E-state index contributed by atoms with van der Waals surface area (Å²) in [6.45, 7) is 1.98. The zero-order chi connectivity index (χ0) is 6.95. The third-order valence-corrected chi connectivity index (χ3v) is 0.907. The molecule has 0 amide bonds. The molecule has 0 aliphatic rings. The van der Waals surface area contributed by atoms with E-state index in [-0.39, 0.29) is 0 Å². The van der Waals surface area contributed by atoms with Gasteiger partial charge in [0.2, 0.25) is 0 Å². The molecule has 0 aromatic rings. The quantitative estimate of drug-likeness (QED) is 0.414. The van der Waals surface area contributed by atoms with Crippen molar-refractivity contribution in [2.24, 2.45) is 0 Å². The van der Waals surface area contributed by atoms with Gasteiger partial charge in [0.25, 0.3) is 0 Å². The van der Waals surface area contributed by atoms with Gasteiger partial charge >= 0.3 is 0 Å². The Morgan fingerprint density at radius 1 is 1.11 bits per heavy atom. The van der Waals surface area contributed by atoms with Crippen LogP contribution in [-0.4, -0.2) is 6.29 Å². The van der Waals surface area contributed by atoms with Crippen LogP contribution in [0.5, 0.6) is 0 Å². The summed E-state index contributed by atoms with van der Waals surface area (Å²) in [5.41, 5.74) is 0. The predicted molar refractivity (Wildman–Crippen MR) is 39.3 cm³/mol. The lowest BCUT2D eigenvalue weighted by Crippen LogP contribution is -1.64. The van der Waals surface area contributed by atoms with E-state index < -0.39 is 0 Å². The van der Waals surface area contributed by atoms with Gasteiger partial charge in [-0.05, 0) is 13.3 Å². The van der Waals surface area contributed by atoms with E-state index >= 15 is 0 Å². The van der Waals surface area contributed by atoms with Crippen LogP contribution in [0.3, 0.4) is 0 Å². The zero-order valence-corrected chi connectivity index (χ0v) is 5.71. The minimum Gasteiger partial charge on any atom is -0.303 e. The van der Waals surface area contributed by atoms with Gasteiger partial charge in [-0.25, -0.2) is 0 Å². The lowest BCUT2D eigenvalue weighted by Gasteiger charge is -1.77. The van der Waals surface area contributed by atoms with Crippen LogP contribution in [0, 0.1) is 0 Å². The summed E-state index contributed by atoms with van der Waals surface area (Å²) < 4.78 is 0. The van der Waals surface area contributed by atoms with Gasteiger partial charge in [0, 0.05) is 6.42 Å². The van der Waals surface area contributed by atoms with Gasteiger partial charge in [0.15, 0.2) is 0 Å². The Morgan fingerprint density at radius 2 is 1.78 bits per heavy atom. The number of hydrogen-bond acceptors (Lipinski definition) is 1. The smallest absolute Gasteiger partial charge is 0.123 e. The molecule has 9 heavy (non-hydrogen) atoms. The Morgan fingerprint density at radius 3 is 2.33 bits per heavy atom. The Bertz CT molecular complexity index is 112. The van der Waals surface area contributed by atoms with Crippen LogP contribution >= 0.6 is 0 Å². The molecular weight excluding hydrogens is 112 g/mol. The number of rotatable bonds is 4. The Balaban J connectivity index is 3.14. The highest BCUT2D eigenvalue weighted by Gasteiger charge is 1.69. The van der Waals surface area contributed by atoms with E-state index in [1.807, 2.05) is 31.2 Å². The van der Waals surface area contributed by atoms with Crippen molar-refractivity contribution in [1.29, 1.82) is 0 Å². The highest BCUT2D eigenvalue weighted by molar-refractivity contribution is 5.51. The summed E-state index contributed by atoms with van der Waals surface area (Å²) >= 11 is 0. The molecule has 0 radical (unpaired) electrons. The largest absolute Gasteiger partial charge is 0.303 e. The predicted octanol–water partition coefficient (Wildman–Crippen LogP) is 2.10. The average Bonchev–Trinajstić information content (AvgIpc) is 1.89. The molecule has 0 saturated heterocycles. The van der Waals surface area contributed by atoms with E-state index in [0.29, 0.717) is 6.42 Å². The summed E-state index contributed by atoms with van der Waals surface area (Å²) in [7, 11) is 0. The Kier molecular flexibility index (Phi) is 6.47. The summed E-state index contributed by atoms with van der Waals surface area (Å²) in [5.74, 6) is 0. The van der Waals surface area contributed by atoms with Gasteiger partial charge in [-0.15, -0.1) is 0 Å². The molecule has 0 aliphatic carbocycles. The van der Waals surface area contributed by atoms with Crippen LogP contribution in [-0.2, 0) is 4.79 Å². The van der Waals surface area contributed by atoms with Crippen molar-refractivity contribution < 1.29 is 4.79 Å². The lowest BCUT2D eigenvalue weighted by molar-refractivity contribution is -0.107. The van der Waals surface area contributed by atoms with Crippen molar-refractivity contribution >= 4 is 6.29 Å². The van der Waals surface area contributed by atoms with Crippen molar-refractivity contribution in [3.63, 3.8) is 0 Å². The molecule has 0 unspecified atom stereocenters. The first-order valence-corrected chi connectivity index (χ1v) is 3.11. The maximum Gasteiger partial charge on any atom is 0.123 e. The fourth-order valence-corrected chi connectivity index (χ4v) is 0.463. The fraction of sp³-hybridized carbons (Fsp3) is 0.375. The van der Waals surface area contributed by atoms with Crippen molar-refractivity contribution in [1.82, 2.24) is 0 Å². The first-order chi connectivity index (χ1) is 4.41. The standard InChI is InChI=1S/C8H12O/c1-2-3-4-5-6-7-8-9/h2-3,5-6,8H,4,7H2,1H3. The van der Waals surface area contributed by atoms with Crippen LogP contribution in [0.1, 0.15) is 19.8 Å². The van der Waals surface area contributed by atoms with E-state index in [2.05, 4.69) is 0 Å². The maximum absolute atomic E-state index is 9.77. The molecule has 0 bridgehead atoms. The lowest BCUT2D eigenvalue weighted by atomic mass is 10.3. The summed E-state index contributed by atoms with van der Waals surface area (Å²) in [6.07, 6.45) is 10.3. The van der Waals surface area contributed by atoms with E-state index in [4.69, 9.17) is 0 Å². The van der Waals surface area contributed by atoms with Crippen molar-refractivity contribution in [3.05, 3.63) is 24.3 Å². The van der Waals surface area contributed by atoms with Crippen LogP contribution in [0.15, 0.2) is 24.3 Å². The van der Waals surface area contributed by atoms with Crippen LogP contribution in [0.25, 0.3) is 0 Å². The second-order valence-electron chi connectivity index (χ2n) is 1.68. The van der Waals surface area contributed by atoms with Crippen LogP contribution in [0.4, 0.5) is 0 Å². The fourth-order valence-electron chi connectivity index (χ4n) is 0.463. The molecule has 0 aliphatic heterocycles. The average molecular weight is 124 g/mol. The molecule has 0 rings (SSSR count). The normalized spacial score (nSPS) is 11.2. The van der Waals surface area contributed by atoms with Gasteiger partial charge in [-0.3, -0.25) is 0 Å². The number of carbonyl (C=O) groups excluding carboxylic acids is 1. The minimum atomic E-state index is 0.539. The second kappa shape index (κ2) is 7.15. The molecule has 0 saturated carbocycles. The molecule has 0 spiro atoms. The Labute approximate surface area is 56.1 Å². The first kappa shape index (κ1) is 8.15. The highest BCUT2D eigenvalue weighted by atomic mass is 16.1. The van der Waals surface area contributed by atoms with Crippen molar-refractivity contribution in [2.45, 2.75) is 19.8 Å². The van der Waals surface area contributed by atoms with E-state index in [0.717, 1.165) is 12.7 Å². The molecule has 1 nitrogen and oxygen atoms in total. The van der Waals surface area contributed by atoms with Gasteiger partial charge in [0.1, 0.15) is 6.29 Å². The molecule has 0 aromatic heterocycles. The van der Waals surface area contributed by atoms with E-state index in [1.54, 1.807) is 0 Å². The van der Waals surface area contributed by atoms with E-state index in [9.17, 15) is 4.79 Å². The highest BCUT2D eigenvalue weighted by Crippen LogP contribution is 1.86. The number of allylic oxidation sites excluding steroid dienone is 4. The molecule has 50 valence electrons. The first-order valence-electron chi connectivity index (χ1n) is 3.11. The third-order valence-electron chi connectivity index (χ3n) is 0.907. The van der Waals surface area contributed by atoms with Crippen LogP contribution in [0.2, 0.25) is 0 Å². The molecule has 0 aromatic carbocycles. The molecule has 1 heteroatoms. The monoisotopic (exact) mass is 124 g/mol. The zero-order valence-electron chi connectivity index (χ0n) is 5.71. The van der Waals surface area contributed by atoms with E-state index in [1.165, 1.54) is 0 Å². The second-order valence-corrected chi connectivity index (χ2v) is 1.68. The molecular formula is C8H12O. The summed E-state index contributed by atoms with van der Waals surface area (Å²) in [6, 6.07) is 0. The van der Waals surface area contributed by atoms with Gasteiger partial charge in [0.05, 0.1) is 0 Å². The summed E-state index contributed by atoms with van der Waals surface area (Å²) in [4.78, 5) is 9.77. The number of hydrogen-bond donors (Lipinski definition) is 0. The van der Waals surface area contributed by atoms with Gasteiger partial charge < -0.3 is 4.79 Å². The SMILES string of the molecule is CC=CCC=CCC=O. The van der Waals surface area contributed by atoms with Crippen molar-refractivity contribution in [3.8, 4) is 0 Å². The molecule has 0 N–H and O–H groups in total.